The van der Waals surface area contributed by atoms with Crippen LogP contribution in [0.15, 0.2) is 28.7 Å². The third-order valence-corrected chi connectivity index (χ3v) is 3.84. The number of aromatic nitrogens is 1. The van der Waals surface area contributed by atoms with E-state index in [1.54, 1.807) is 0 Å². The van der Waals surface area contributed by atoms with Crippen LogP contribution < -0.4 is 16.2 Å². The van der Waals surface area contributed by atoms with Crippen molar-refractivity contribution in [1.82, 2.24) is 15.8 Å². The average molecular weight is 300 g/mol. The molecule has 116 valence electrons. The molecular formula is C16H20N4O2. The summed E-state index contributed by atoms with van der Waals surface area (Å²) in [7, 11) is 0. The molecular weight excluding hydrogens is 280 g/mol. The maximum absolute atomic E-state index is 12.1. The molecule has 22 heavy (non-hydrogen) atoms. The molecule has 0 aliphatic carbocycles. The molecule has 0 bridgehead atoms. The minimum Gasteiger partial charge on any atom is -0.441 e. The Morgan fingerprint density at radius 2 is 2.00 bits per heavy atom. The fourth-order valence-electron chi connectivity index (χ4n) is 2.41. The molecule has 2 atom stereocenters. The smallest absolute Gasteiger partial charge is 0.242 e. The van der Waals surface area contributed by atoms with E-state index in [9.17, 15) is 4.79 Å². The topological polar surface area (TPSA) is 79.2 Å². The number of carbonyl (C=O) groups is 1. The van der Waals surface area contributed by atoms with Crippen LogP contribution in [0.2, 0.25) is 0 Å². The van der Waals surface area contributed by atoms with Crippen LogP contribution in [0, 0.1) is 13.8 Å². The number of carbonyl (C=O) groups excluding carboxylic acids is 1. The van der Waals surface area contributed by atoms with Crippen molar-refractivity contribution in [3.05, 3.63) is 35.7 Å². The lowest BCUT2D eigenvalue weighted by Gasteiger charge is -2.10. The van der Waals surface area contributed by atoms with Gasteiger partial charge in [-0.05, 0) is 51.5 Å². The van der Waals surface area contributed by atoms with Crippen LogP contribution in [0.25, 0.3) is 11.5 Å². The number of anilines is 1. The van der Waals surface area contributed by atoms with Gasteiger partial charge in [-0.2, -0.15) is 0 Å². The predicted molar refractivity (Wildman–Crippen MR) is 84.2 cm³/mol. The molecule has 1 aliphatic rings. The summed E-state index contributed by atoms with van der Waals surface area (Å²) in [5.41, 5.74) is 8.57. The van der Waals surface area contributed by atoms with Crippen molar-refractivity contribution in [2.75, 3.05) is 5.32 Å². The van der Waals surface area contributed by atoms with E-state index >= 15 is 0 Å². The number of oxazole rings is 1. The molecule has 1 aliphatic heterocycles. The first-order valence-electron chi connectivity index (χ1n) is 7.39. The van der Waals surface area contributed by atoms with Gasteiger partial charge in [-0.3, -0.25) is 10.2 Å². The van der Waals surface area contributed by atoms with E-state index in [0.717, 1.165) is 29.1 Å². The van der Waals surface area contributed by atoms with Gasteiger partial charge in [0, 0.05) is 17.3 Å². The van der Waals surface area contributed by atoms with Crippen LogP contribution in [0.4, 0.5) is 5.69 Å². The second-order valence-electron chi connectivity index (χ2n) is 5.71. The van der Waals surface area contributed by atoms with E-state index in [-0.39, 0.29) is 11.9 Å². The molecule has 6 heteroatoms. The van der Waals surface area contributed by atoms with Gasteiger partial charge >= 0.3 is 0 Å². The predicted octanol–water partition coefficient (Wildman–Crippen LogP) is 2.15. The van der Waals surface area contributed by atoms with E-state index in [1.807, 2.05) is 45.0 Å². The normalized spacial score (nSPS) is 21.0. The van der Waals surface area contributed by atoms with Gasteiger partial charge in [0.1, 0.15) is 11.8 Å². The maximum Gasteiger partial charge on any atom is 0.242 e. The van der Waals surface area contributed by atoms with Crippen LogP contribution in [0.3, 0.4) is 0 Å². The summed E-state index contributed by atoms with van der Waals surface area (Å²) >= 11 is 0. The zero-order valence-electron chi connectivity index (χ0n) is 12.9. The summed E-state index contributed by atoms with van der Waals surface area (Å²) in [4.78, 5) is 16.5. The Labute approximate surface area is 129 Å². The first kappa shape index (κ1) is 14.7. The lowest BCUT2D eigenvalue weighted by atomic mass is 10.1. The van der Waals surface area contributed by atoms with E-state index in [4.69, 9.17) is 4.42 Å². The van der Waals surface area contributed by atoms with Crippen LogP contribution >= 0.6 is 0 Å². The number of rotatable bonds is 3. The molecule has 1 amide bonds. The summed E-state index contributed by atoms with van der Waals surface area (Å²) in [6.07, 6.45) is 0.777. The number of amides is 1. The fourth-order valence-corrected chi connectivity index (χ4v) is 2.41. The van der Waals surface area contributed by atoms with Gasteiger partial charge in [-0.15, -0.1) is 0 Å². The standard InChI is InChI=1S/C16H20N4O2/c1-9-8-14(20-19-9)15(21)18-13-6-4-12(5-7-13)16-17-10(2)11(3)22-16/h4-7,9,14,19-20H,8H2,1-3H3,(H,18,21). The molecule has 3 rings (SSSR count). The lowest BCUT2D eigenvalue weighted by Crippen LogP contribution is -2.39. The second kappa shape index (κ2) is 5.90. The Morgan fingerprint density at radius 3 is 2.55 bits per heavy atom. The Hall–Kier alpha value is -2.18. The highest BCUT2D eigenvalue weighted by Gasteiger charge is 2.26. The summed E-state index contributed by atoms with van der Waals surface area (Å²) < 4.78 is 5.60. The molecule has 1 aromatic carbocycles. The number of nitrogens with one attached hydrogen (secondary N) is 3. The second-order valence-corrected chi connectivity index (χ2v) is 5.71. The van der Waals surface area contributed by atoms with Crippen LogP contribution in [0.1, 0.15) is 24.8 Å². The summed E-state index contributed by atoms with van der Waals surface area (Å²) in [5, 5.41) is 2.91. The molecule has 1 fully saturated rings. The maximum atomic E-state index is 12.1. The highest BCUT2D eigenvalue weighted by Crippen LogP contribution is 2.23. The molecule has 0 radical (unpaired) electrons. The number of aryl methyl sites for hydroxylation is 2. The molecule has 1 aromatic heterocycles. The number of hydrazine groups is 1. The van der Waals surface area contributed by atoms with Crippen LogP contribution in [-0.4, -0.2) is 23.0 Å². The monoisotopic (exact) mass is 300 g/mol. The van der Waals surface area contributed by atoms with Crippen molar-refractivity contribution in [3.63, 3.8) is 0 Å². The van der Waals surface area contributed by atoms with Gasteiger partial charge in [0.05, 0.1) is 5.69 Å². The van der Waals surface area contributed by atoms with Crippen LogP contribution in [0.5, 0.6) is 0 Å². The highest BCUT2D eigenvalue weighted by atomic mass is 16.4. The Balaban J connectivity index is 1.68. The number of nitrogens with zero attached hydrogens (tertiary/aromatic N) is 1. The molecule has 2 heterocycles. The SMILES string of the molecule is Cc1nc(-c2ccc(NC(=O)C3CC(C)NN3)cc2)oc1C. The Bertz CT molecular complexity index is 658. The van der Waals surface area contributed by atoms with Crippen molar-refractivity contribution in [3.8, 4) is 11.5 Å². The third-order valence-electron chi connectivity index (χ3n) is 3.84. The van der Waals surface area contributed by atoms with E-state index < -0.39 is 0 Å². The van der Waals surface area contributed by atoms with Crippen LogP contribution in [-0.2, 0) is 4.79 Å². The number of benzene rings is 1. The highest BCUT2D eigenvalue weighted by molar-refractivity contribution is 5.95. The summed E-state index contributed by atoms with van der Waals surface area (Å²) in [5.74, 6) is 1.39. The number of hydrogen-bond donors (Lipinski definition) is 3. The Kier molecular flexibility index (Phi) is 3.96. The van der Waals surface area contributed by atoms with Crippen molar-refractivity contribution in [1.29, 1.82) is 0 Å². The minimum absolute atomic E-state index is 0.0348. The Morgan fingerprint density at radius 1 is 1.27 bits per heavy atom. The minimum atomic E-state index is -0.202. The van der Waals surface area contributed by atoms with Gasteiger partial charge in [0.15, 0.2) is 0 Å². The molecule has 0 spiro atoms. The number of hydrogen-bond acceptors (Lipinski definition) is 5. The van der Waals surface area contributed by atoms with E-state index in [0.29, 0.717) is 11.9 Å². The van der Waals surface area contributed by atoms with E-state index in [2.05, 4.69) is 21.2 Å². The zero-order valence-corrected chi connectivity index (χ0v) is 12.9. The summed E-state index contributed by atoms with van der Waals surface area (Å²) in [6, 6.07) is 7.59. The molecule has 2 unspecified atom stereocenters. The quantitative estimate of drug-likeness (QED) is 0.809. The average Bonchev–Trinajstić information content (AvgIpc) is 3.07. The molecule has 3 N–H and O–H groups in total. The van der Waals surface area contributed by atoms with Gasteiger partial charge in [-0.1, -0.05) is 0 Å². The van der Waals surface area contributed by atoms with Gasteiger partial charge in [0.2, 0.25) is 11.8 Å². The zero-order chi connectivity index (χ0) is 15.7. The summed E-state index contributed by atoms with van der Waals surface area (Å²) in [6.45, 7) is 5.85. The molecule has 2 aromatic rings. The van der Waals surface area contributed by atoms with Gasteiger partial charge in [-0.25, -0.2) is 10.4 Å². The van der Waals surface area contributed by atoms with E-state index in [1.165, 1.54) is 0 Å². The van der Waals surface area contributed by atoms with Crippen molar-refractivity contribution >= 4 is 11.6 Å². The van der Waals surface area contributed by atoms with Crippen molar-refractivity contribution in [2.45, 2.75) is 39.3 Å². The van der Waals surface area contributed by atoms with Crippen molar-refractivity contribution in [2.24, 2.45) is 0 Å². The largest absolute Gasteiger partial charge is 0.441 e. The van der Waals surface area contributed by atoms with Gasteiger partial charge in [0.25, 0.3) is 0 Å². The molecule has 6 nitrogen and oxygen atoms in total. The lowest BCUT2D eigenvalue weighted by molar-refractivity contribution is -0.117. The first-order valence-corrected chi connectivity index (χ1v) is 7.39. The third kappa shape index (κ3) is 3.03. The van der Waals surface area contributed by atoms with Gasteiger partial charge < -0.3 is 9.73 Å². The molecule has 1 saturated heterocycles. The van der Waals surface area contributed by atoms with Crippen molar-refractivity contribution < 1.29 is 9.21 Å². The first-order chi connectivity index (χ1) is 10.5. The fraction of sp³-hybridized carbons (Fsp3) is 0.375. The molecule has 0 saturated carbocycles.